The topological polar surface area (TPSA) is 97.4 Å². The summed E-state index contributed by atoms with van der Waals surface area (Å²) in [6.07, 6.45) is 0. The number of carbonyl (C=O) groups is 3. The van der Waals surface area contributed by atoms with Crippen LogP contribution in [0.1, 0.15) is 27.3 Å². The number of aromatic nitrogens is 1. The highest BCUT2D eigenvalue weighted by molar-refractivity contribution is 7.13. The van der Waals surface area contributed by atoms with Gasteiger partial charge >= 0.3 is 12.0 Å². The third-order valence-electron chi connectivity index (χ3n) is 2.01. The monoisotopic (exact) mass is 285 g/mol. The van der Waals surface area contributed by atoms with Gasteiger partial charge in [0, 0.05) is 6.54 Å². The lowest BCUT2D eigenvalue weighted by Crippen LogP contribution is -2.41. The molecule has 0 bridgehead atoms. The molecule has 0 aliphatic rings. The van der Waals surface area contributed by atoms with Gasteiger partial charge < -0.3 is 10.1 Å². The highest BCUT2D eigenvalue weighted by atomic mass is 32.1. The molecule has 0 atom stereocenters. The smallest absolute Gasteiger partial charge is 0.350 e. The van der Waals surface area contributed by atoms with Crippen LogP contribution in [-0.4, -0.2) is 36.0 Å². The molecule has 1 heterocycles. The Hall–Kier alpha value is -1.96. The van der Waals surface area contributed by atoms with E-state index in [1.165, 1.54) is 11.3 Å². The molecule has 2 N–H and O–H groups in total. The van der Waals surface area contributed by atoms with Gasteiger partial charge in [-0.3, -0.25) is 10.1 Å². The van der Waals surface area contributed by atoms with Crippen molar-refractivity contribution < 1.29 is 19.1 Å². The zero-order chi connectivity index (χ0) is 14.4. The van der Waals surface area contributed by atoms with Gasteiger partial charge in [-0.05, 0) is 20.8 Å². The summed E-state index contributed by atoms with van der Waals surface area (Å²) in [5.74, 6) is -1.30. The van der Waals surface area contributed by atoms with Crippen molar-refractivity contribution in [2.75, 3.05) is 13.2 Å². The first-order valence-corrected chi connectivity index (χ1v) is 6.44. The van der Waals surface area contributed by atoms with Gasteiger partial charge in [0.2, 0.25) is 0 Å². The summed E-state index contributed by atoms with van der Waals surface area (Å²) >= 11 is 1.20. The van der Waals surface area contributed by atoms with Crippen LogP contribution in [0.25, 0.3) is 0 Å². The molecule has 1 aromatic rings. The number of esters is 1. The number of imide groups is 1. The molecule has 1 aromatic heterocycles. The zero-order valence-electron chi connectivity index (χ0n) is 10.9. The third-order valence-corrected chi connectivity index (χ3v) is 3.07. The van der Waals surface area contributed by atoms with E-state index < -0.39 is 24.5 Å². The fraction of sp³-hybridized carbons (Fsp3) is 0.455. The molecule has 0 unspecified atom stereocenters. The Balaban J connectivity index is 2.44. The summed E-state index contributed by atoms with van der Waals surface area (Å²) < 4.78 is 4.80. The third kappa shape index (κ3) is 4.66. The van der Waals surface area contributed by atoms with Crippen LogP contribution in [-0.2, 0) is 9.53 Å². The number of urea groups is 1. The Labute approximate surface area is 114 Å². The van der Waals surface area contributed by atoms with Crippen molar-refractivity contribution in [2.45, 2.75) is 20.8 Å². The lowest BCUT2D eigenvalue weighted by Gasteiger charge is -2.05. The number of hydrogen-bond donors (Lipinski definition) is 2. The molecule has 0 aliphatic carbocycles. The van der Waals surface area contributed by atoms with Crippen LogP contribution in [0.3, 0.4) is 0 Å². The van der Waals surface area contributed by atoms with Gasteiger partial charge in [0.1, 0.15) is 4.88 Å². The lowest BCUT2D eigenvalue weighted by atomic mass is 10.4. The molecule has 7 nitrogen and oxygen atoms in total. The second-order valence-corrected chi connectivity index (χ2v) is 4.83. The highest BCUT2D eigenvalue weighted by Gasteiger charge is 2.17. The highest BCUT2D eigenvalue weighted by Crippen LogP contribution is 2.17. The number of amides is 3. The average Bonchev–Trinajstić information content (AvgIpc) is 2.65. The van der Waals surface area contributed by atoms with E-state index in [4.69, 9.17) is 4.74 Å². The van der Waals surface area contributed by atoms with E-state index in [9.17, 15) is 14.4 Å². The number of nitrogens with zero attached hydrogens (tertiary/aromatic N) is 1. The van der Waals surface area contributed by atoms with E-state index >= 15 is 0 Å². The summed E-state index contributed by atoms with van der Waals surface area (Å²) in [5.41, 5.74) is 0.566. The van der Waals surface area contributed by atoms with Crippen molar-refractivity contribution in [1.29, 1.82) is 0 Å². The summed E-state index contributed by atoms with van der Waals surface area (Å²) in [5, 5.41) is 5.16. The van der Waals surface area contributed by atoms with Crippen molar-refractivity contribution in [1.82, 2.24) is 15.6 Å². The number of rotatable bonds is 4. The molecule has 3 amide bonds. The molecule has 0 aliphatic heterocycles. The minimum atomic E-state index is -0.682. The Morgan fingerprint density at radius 1 is 1.32 bits per heavy atom. The maximum atomic E-state index is 11.7. The van der Waals surface area contributed by atoms with Crippen molar-refractivity contribution in [2.24, 2.45) is 0 Å². The van der Waals surface area contributed by atoms with Crippen LogP contribution in [0.4, 0.5) is 4.79 Å². The Morgan fingerprint density at radius 2 is 2.00 bits per heavy atom. The SMILES string of the molecule is CCNC(=O)NC(=O)COC(=O)c1sc(C)nc1C. The predicted octanol–water partition coefficient (Wildman–Crippen LogP) is 0.762. The summed E-state index contributed by atoms with van der Waals surface area (Å²) in [6.45, 7) is 5.08. The average molecular weight is 285 g/mol. The number of hydrogen-bond acceptors (Lipinski definition) is 6. The van der Waals surface area contributed by atoms with E-state index in [1.54, 1.807) is 20.8 Å². The predicted molar refractivity (Wildman–Crippen MR) is 69.1 cm³/mol. The van der Waals surface area contributed by atoms with Gasteiger partial charge in [-0.2, -0.15) is 0 Å². The van der Waals surface area contributed by atoms with E-state index in [0.29, 0.717) is 17.1 Å². The van der Waals surface area contributed by atoms with Gasteiger partial charge in [-0.25, -0.2) is 14.6 Å². The lowest BCUT2D eigenvalue weighted by molar-refractivity contribution is -0.123. The number of thiazole rings is 1. The minimum absolute atomic E-state index is 0.364. The first-order valence-electron chi connectivity index (χ1n) is 5.62. The molecule has 0 radical (unpaired) electrons. The summed E-state index contributed by atoms with van der Waals surface area (Å²) in [6, 6.07) is -0.617. The first kappa shape index (κ1) is 15.1. The molecule has 8 heteroatoms. The molecule has 1 rings (SSSR count). The van der Waals surface area contributed by atoms with Crippen molar-refractivity contribution >= 4 is 29.2 Å². The molecule has 0 fully saturated rings. The van der Waals surface area contributed by atoms with Gasteiger partial charge in [-0.1, -0.05) is 0 Å². The molecule has 19 heavy (non-hydrogen) atoms. The van der Waals surface area contributed by atoms with Crippen LogP contribution in [0.2, 0.25) is 0 Å². The fourth-order valence-corrected chi connectivity index (χ4v) is 2.10. The Morgan fingerprint density at radius 3 is 2.53 bits per heavy atom. The zero-order valence-corrected chi connectivity index (χ0v) is 11.7. The standard InChI is InChI=1S/C11H15N3O4S/c1-4-12-11(17)14-8(15)5-18-10(16)9-6(2)13-7(3)19-9/h4-5H2,1-3H3,(H2,12,14,15,17). The van der Waals surface area contributed by atoms with Crippen molar-refractivity contribution in [3.05, 3.63) is 15.6 Å². The number of nitrogens with one attached hydrogen (secondary N) is 2. The van der Waals surface area contributed by atoms with Gasteiger partial charge in [0.05, 0.1) is 10.7 Å². The largest absolute Gasteiger partial charge is 0.451 e. The Kier molecular flexibility index (Phi) is 5.43. The molecule has 0 saturated heterocycles. The minimum Gasteiger partial charge on any atom is -0.451 e. The number of carbonyl (C=O) groups excluding carboxylic acids is 3. The van der Waals surface area contributed by atoms with Crippen molar-refractivity contribution in [3.8, 4) is 0 Å². The van der Waals surface area contributed by atoms with Gasteiger partial charge in [0.15, 0.2) is 6.61 Å². The summed E-state index contributed by atoms with van der Waals surface area (Å²) in [4.78, 5) is 38.4. The number of ether oxygens (including phenoxy) is 1. The van der Waals surface area contributed by atoms with Gasteiger partial charge in [-0.15, -0.1) is 11.3 Å². The van der Waals surface area contributed by atoms with Crippen molar-refractivity contribution in [3.63, 3.8) is 0 Å². The Bertz CT molecular complexity index is 498. The van der Waals surface area contributed by atoms with E-state index in [-0.39, 0.29) is 0 Å². The van der Waals surface area contributed by atoms with Crippen LogP contribution in [0.5, 0.6) is 0 Å². The van der Waals surface area contributed by atoms with Crippen LogP contribution < -0.4 is 10.6 Å². The van der Waals surface area contributed by atoms with Crippen LogP contribution in [0.15, 0.2) is 0 Å². The van der Waals surface area contributed by atoms with E-state index in [2.05, 4.69) is 10.3 Å². The van der Waals surface area contributed by atoms with E-state index in [0.717, 1.165) is 5.01 Å². The quantitative estimate of drug-likeness (QED) is 0.796. The second kappa shape index (κ2) is 6.83. The molecule has 0 aromatic carbocycles. The normalized spacial score (nSPS) is 9.84. The van der Waals surface area contributed by atoms with Crippen LogP contribution in [0, 0.1) is 13.8 Å². The first-order chi connectivity index (χ1) is 8.93. The second-order valence-electron chi connectivity index (χ2n) is 3.63. The molecule has 0 saturated carbocycles. The number of aryl methyl sites for hydroxylation is 2. The molecule has 104 valence electrons. The summed E-state index contributed by atoms with van der Waals surface area (Å²) in [7, 11) is 0. The van der Waals surface area contributed by atoms with Gasteiger partial charge in [0.25, 0.3) is 5.91 Å². The maximum Gasteiger partial charge on any atom is 0.350 e. The fourth-order valence-electron chi connectivity index (χ4n) is 1.28. The molecule has 0 spiro atoms. The maximum absolute atomic E-state index is 11.7. The molecular formula is C11H15N3O4S. The van der Waals surface area contributed by atoms with Crippen LogP contribution >= 0.6 is 11.3 Å². The van der Waals surface area contributed by atoms with E-state index in [1.807, 2.05) is 5.32 Å². The molecular weight excluding hydrogens is 270 g/mol.